The molecule has 0 aromatic carbocycles. The van der Waals surface area contributed by atoms with Gasteiger partial charge in [0.05, 0.1) is 22.9 Å². The molecule has 2 saturated heterocycles. The Labute approximate surface area is 349 Å². The van der Waals surface area contributed by atoms with Crippen molar-refractivity contribution >= 4 is 54.4 Å². The summed E-state index contributed by atoms with van der Waals surface area (Å²) in [5.74, 6) is 3.02. The van der Waals surface area contributed by atoms with Gasteiger partial charge < -0.3 is 22.9 Å². The van der Waals surface area contributed by atoms with Crippen molar-refractivity contribution in [1.82, 2.24) is 4.90 Å². The van der Waals surface area contributed by atoms with Crippen LogP contribution in [0.2, 0.25) is 54.4 Å². The number of ether oxygens (including phenoxy) is 1. The van der Waals surface area contributed by atoms with Crippen molar-refractivity contribution in [2.45, 2.75) is 210 Å². The fraction of sp³-hybridized carbons (Fsp3) is 0.932. The number of carbonyl (C=O) groups is 1. The van der Waals surface area contributed by atoms with Crippen LogP contribution in [0.3, 0.4) is 0 Å². The first-order chi connectivity index (χ1) is 24.9. The first-order valence-corrected chi connectivity index (χ1v) is 32.6. The molecule has 7 atom stereocenters. The molecular weight excluding hydrogens is 771 g/mol. The first-order valence-electron chi connectivity index (χ1n) is 21.9. The number of carbonyl (C=O) groups excluding carboxylic acids is 1. The van der Waals surface area contributed by atoms with Crippen LogP contribution >= 0.6 is 23.5 Å². The summed E-state index contributed by atoms with van der Waals surface area (Å²) >= 11 is 4.41. The zero-order chi connectivity index (χ0) is 41.1. The number of fused-ring (bicyclic) bond motifs is 4. The molecule has 2 saturated carbocycles. The van der Waals surface area contributed by atoms with Gasteiger partial charge in [-0.05, 0) is 133 Å². The third-order valence-corrected chi connectivity index (χ3v) is 33.8. The Hall–Kier alpha value is 0.401. The molecule has 0 aromatic heterocycles. The van der Waals surface area contributed by atoms with Gasteiger partial charge in [-0.15, -0.1) is 23.5 Å². The second-order valence-electron chi connectivity index (χ2n) is 23.6. The summed E-state index contributed by atoms with van der Waals surface area (Å²) in [4.78, 5) is 15.8. The summed E-state index contributed by atoms with van der Waals surface area (Å²) in [7, 11) is -5.98. The Morgan fingerprint density at radius 1 is 0.873 bits per heavy atom. The van der Waals surface area contributed by atoms with Crippen molar-refractivity contribution in [2.75, 3.05) is 31.2 Å². The summed E-state index contributed by atoms with van der Waals surface area (Å²) in [6, 6.07) is 0. The van der Waals surface area contributed by atoms with Gasteiger partial charge in [-0.1, -0.05) is 69.2 Å². The van der Waals surface area contributed by atoms with Gasteiger partial charge in [0.25, 0.3) is 0 Å². The number of rotatable bonds is 10. The fourth-order valence-corrected chi connectivity index (χ4v) is 18.2. The molecule has 55 heavy (non-hydrogen) atoms. The smallest absolute Gasteiger partial charge is 0.219 e. The molecule has 0 N–H and O–H groups in total. The van der Waals surface area contributed by atoms with E-state index in [4.69, 9.17) is 18.0 Å². The largest absolute Gasteiger partial charge is 0.415 e. The van der Waals surface area contributed by atoms with Crippen LogP contribution in [0, 0.1) is 16.7 Å². The topological polar surface area (TPSA) is 57.2 Å². The Morgan fingerprint density at radius 3 is 2.02 bits per heavy atom. The number of nitrogens with zero attached hydrogens (tertiary/aromatic N) is 1. The Bertz CT molecular complexity index is 1510. The number of hydrogen-bond acceptors (Lipinski definition) is 7. The summed E-state index contributed by atoms with van der Waals surface area (Å²) in [6.45, 7) is 42.0. The lowest BCUT2D eigenvalue weighted by Crippen LogP contribution is -2.58. The van der Waals surface area contributed by atoms with Crippen LogP contribution < -0.4 is 0 Å². The molecule has 11 heteroatoms. The van der Waals surface area contributed by atoms with Gasteiger partial charge in [0.1, 0.15) is 5.60 Å². The van der Waals surface area contributed by atoms with E-state index >= 15 is 0 Å². The van der Waals surface area contributed by atoms with Crippen molar-refractivity contribution in [2.24, 2.45) is 16.7 Å². The second kappa shape index (κ2) is 14.5. The molecule has 3 aliphatic heterocycles. The molecule has 3 heterocycles. The second-order valence-corrected chi connectivity index (χ2v) is 41.1. The van der Waals surface area contributed by atoms with Crippen molar-refractivity contribution in [3.63, 3.8) is 0 Å². The van der Waals surface area contributed by atoms with E-state index in [1.165, 1.54) is 17.9 Å². The third-order valence-electron chi connectivity index (χ3n) is 16.9. The summed E-state index contributed by atoms with van der Waals surface area (Å²) in [5, 5.41) is 0.448. The van der Waals surface area contributed by atoms with Crippen molar-refractivity contribution in [3.8, 4) is 0 Å². The van der Waals surface area contributed by atoms with Crippen LogP contribution in [-0.4, -0.2) is 95.0 Å². The predicted octanol–water partition coefficient (Wildman–Crippen LogP) is 12.0. The number of amides is 1. The molecule has 0 aromatic rings. The summed E-state index contributed by atoms with van der Waals surface area (Å²) < 4.78 is 29.5. The standard InChI is InChI=1S/C44H81NO5S2Si3/c1-31(46)45(21-22-47-53(12,13)38(2,3)4)30-42-27-36-37-34(44(42,48-36)29-43(28-42)51-23-18-24-52-43)26-35(50-55(16,17)40(8,9)10)33-25-32(19-20-41(33,37)11)49-54(14,15)39(5,6)7/h32-33,35-36H,18-30H2,1-17H3/t32-,33-,35-,36-,41-,42+,44+/m0/s1. The Morgan fingerprint density at radius 2 is 1.45 bits per heavy atom. The van der Waals surface area contributed by atoms with Crippen molar-refractivity contribution in [3.05, 3.63) is 11.1 Å². The monoisotopic (exact) mass is 851 g/mol. The molecule has 4 fully saturated rings. The lowest BCUT2D eigenvalue weighted by molar-refractivity contribution is -0.132. The van der Waals surface area contributed by atoms with Gasteiger partial charge in [-0.3, -0.25) is 4.79 Å². The molecule has 0 unspecified atom stereocenters. The zero-order valence-electron chi connectivity index (χ0n) is 38.3. The Kier molecular flexibility index (Phi) is 11.9. The molecule has 6 nitrogen and oxygen atoms in total. The highest BCUT2D eigenvalue weighted by molar-refractivity contribution is 8.18. The van der Waals surface area contributed by atoms with Gasteiger partial charge in [0.2, 0.25) is 5.91 Å². The van der Waals surface area contributed by atoms with Gasteiger partial charge in [0, 0.05) is 38.0 Å². The van der Waals surface area contributed by atoms with E-state index in [0.29, 0.717) is 19.1 Å². The number of thioether (sulfide) groups is 2. The molecule has 1 amide bonds. The lowest BCUT2D eigenvalue weighted by Gasteiger charge is -2.57. The van der Waals surface area contributed by atoms with Crippen LogP contribution in [0.1, 0.15) is 128 Å². The molecule has 2 bridgehead atoms. The van der Waals surface area contributed by atoms with Crippen molar-refractivity contribution in [1.29, 1.82) is 0 Å². The highest BCUT2D eigenvalue weighted by Crippen LogP contribution is 2.77. The zero-order valence-corrected chi connectivity index (χ0v) is 42.9. The minimum absolute atomic E-state index is 0.0219. The van der Waals surface area contributed by atoms with Crippen LogP contribution in [-0.2, 0) is 22.8 Å². The molecule has 6 aliphatic rings. The van der Waals surface area contributed by atoms with E-state index < -0.39 is 25.0 Å². The summed E-state index contributed by atoms with van der Waals surface area (Å²) in [6.07, 6.45) is 9.32. The molecule has 316 valence electrons. The fourth-order valence-electron chi connectivity index (χ4n) is 10.7. The lowest BCUT2D eigenvalue weighted by atomic mass is 9.50. The van der Waals surface area contributed by atoms with Gasteiger partial charge >= 0.3 is 0 Å². The molecule has 6 rings (SSSR count). The van der Waals surface area contributed by atoms with E-state index in [-0.39, 0.29) is 59.8 Å². The van der Waals surface area contributed by atoms with Crippen LogP contribution in [0.5, 0.6) is 0 Å². The Balaban J connectivity index is 1.39. The SMILES string of the molecule is CC(=O)N(CCO[Si](C)(C)C(C)(C)C)C[C@]12C[C@@H]3O[C@]1(CC1(C2)SCCCS1)C1=C3[C@@]2(C)CC[C@H](O[Si](C)(C)C(C)(C)C)C[C@H]2[C@@H](O[Si](C)(C)C(C)(C)C)C1. The maximum atomic E-state index is 13.7. The van der Waals surface area contributed by atoms with Crippen LogP contribution in [0.15, 0.2) is 11.1 Å². The molecular formula is C44H81NO5S2Si3. The highest BCUT2D eigenvalue weighted by atomic mass is 32.2. The van der Waals surface area contributed by atoms with Gasteiger partial charge in [-0.2, -0.15) is 0 Å². The van der Waals surface area contributed by atoms with E-state index in [0.717, 1.165) is 51.5 Å². The van der Waals surface area contributed by atoms with E-state index in [2.05, 4.69) is 137 Å². The van der Waals surface area contributed by atoms with Gasteiger partial charge in [-0.25, -0.2) is 0 Å². The maximum absolute atomic E-state index is 13.7. The highest BCUT2D eigenvalue weighted by Gasteiger charge is 2.77. The minimum Gasteiger partial charge on any atom is -0.415 e. The van der Waals surface area contributed by atoms with Crippen LogP contribution in [0.4, 0.5) is 0 Å². The number of hydrogen-bond donors (Lipinski definition) is 0. The minimum atomic E-state index is -2.11. The summed E-state index contributed by atoms with van der Waals surface area (Å²) in [5.41, 5.74) is 2.81. The molecule has 3 aliphatic carbocycles. The van der Waals surface area contributed by atoms with Crippen LogP contribution in [0.25, 0.3) is 0 Å². The quantitative estimate of drug-likeness (QED) is 0.160. The first kappa shape index (κ1) is 44.9. The van der Waals surface area contributed by atoms with Crippen molar-refractivity contribution < 1.29 is 22.8 Å². The maximum Gasteiger partial charge on any atom is 0.219 e. The van der Waals surface area contributed by atoms with E-state index in [1.54, 1.807) is 18.1 Å². The third kappa shape index (κ3) is 7.80. The normalized spacial score (nSPS) is 35.2. The molecule has 2 spiro atoms. The van der Waals surface area contributed by atoms with Gasteiger partial charge in [0.15, 0.2) is 25.0 Å². The average Bonchev–Trinajstić information content (AvgIpc) is 3.58. The van der Waals surface area contributed by atoms with E-state index in [9.17, 15) is 4.79 Å². The predicted molar refractivity (Wildman–Crippen MR) is 243 cm³/mol. The average molecular weight is 853 g/mol. The van der Waals surface area contributed by atoms with E-state index in [1.807, 2.05) is 0 Å². The molecule has 0 radical (unpaired) electrons.